The standard InChI is InChI=1S/C14H20BrN3S/c1-3-12(4-2)18-8-7-11(17-18)9-16-10-13-5-6-14(15)19-13/h5-8,12,16H,3-4,9-10H2,1-2H3. The van der Waals surface area contributed by atoms with Crippen LogP contribution in [0.1, 0.15) is 43.3 Å². The van der Waals surface area contributed by atoms with E-state index in [2.05, 4.69) is 69.3 Å². The highest BCUT2D eigenvalue weighted by molar-refractivity contribution is 9.11. The van der Waals surface area contributed by atoms with E-state index in [4.69, 9.17) is 0 Å². The van der Waals surface area contributed by atoms with Gasteiger partial charge in [-0.05, 0) is 47.0 Å². The van der Waals surface area contributed by atoms with Crippen molar-refractivity contribution in [1.29, 1.82) is 0 Å². The van der Waals surface area contributed by atoms with E-state index in [0.717, 1.165) is 31.6 Å². The number of hydrogen-bond acceptors (Lipinski definition) is 3. The Morgan fingerprint density at radius 2 is 2.05 bits per heavy atom. The summed E-state index contributed by atoms with van der Waals surface area (Å²) in [6.07, 6.45) is 4.36. The molecule has 0 atom stereocenters. The average Bonchev–Trinajstić information content (AvgIpc) is 3.01. The molecule has 5 heteroatoms. The molecule has 3 nitrogen and oxygen atoms in total. The molecule has 0 fully saturated rings. The minimum absolute atomic E-state index is 0.530. The molecule has 0 spiro atoms. The first kappa shape index (κ1) is 14.8. The SMILES string of the molecule is CCC(CC)n1ccc(CNCc2ccc(Br)s2)n1. The van der Waals surface area contributed by atoms with Gasteiger partial charge in [-0.3, -0.25) is 4.68 Å². The molecule has 2 aromatic rings. The van der Waals surface area contributed by atoms with E-state index in [1.165, 1.54) is 8.66 Å². The lowest BCUT2D eigenvalue weighted by molar-refractivity contribution is 0.424. The molecule has 2 rings (SSSR count). The van der Waals surface area contributed by atoms with Gasteiger partial charge in [-0.1, -0.05) is 13.8 Å². The van der Waals surface area contributed by atoms with Gasteiger partial charge in [0, 0.05) is 24.2 Å². The molecule has 0 saturated carbocycles. The van der Waals surface area contributed by atoms with E-state index < -0.39 is 0 Å². The molecular weight excluding hydrogens is 322 g/mol. The second-order valence-corrected chi connectivity index (χ2v) is 7.11. The third-order valence-electron chi connectivity index (χ3n) is 3.21. The smallest absolute Gasteiger partial charge is 0.0762 e. The van der Waals surface area contributed by atoms with E-state index in [-0.39, 0.29) is 0 Å². The van der Waals surface area contributed by atoms with E-state index in [9.17, 15) is 0 Å². The van der Waals surface area contributed by atoms with Crippen molar-refractivity contribution in [2.24, 2.45) is 0 Å². The number of aromatic nitrogens is 2. The number of hydrogen-bond donors (Lipinski definition) is 1. The molecule has 0 aliphatic carbocycles. The molecule has 2 aromatic heterocycles. The molecule has 0 aliphatic heterocycles. The summed E-state index contributed by atoms with van der Waals surface area (Å²) in [6.45, 7) is 6.14. The summed E-state index contributed by atoms with van der Waals surface area (Å²) in [4.78, 5) is 1.34. The Bertz CT molecular complexity index is 502. The Labute approximate surface area is 127 Å². The van der Waals surface area contributed by atoms with Crippen molar-refractivity contribution < 1.29 is 0 Å². The van der Waals surface area contributed by atoms with Crippen molar-refractivity contribution in [2.45, 2.75) is 45.8 Å². The predicted molar refractivity (Wildman–Crippen MR) is 84.4 cm³/mol. The first-order valence-electron chi connectivity index (χ1n) is 6.71. The fourth-order valence-corrected chi connectivity index (χ4v) is 3.55. The Balaban J connectivity index is 1.83. The maximum absolute atomic E-state index is 4.64. The van der Waals surface area contributed by atoms with Crippen LogP contribution in [0.2, 0.25) is 0 Å². The maximum atomic E-state index is 4.64. The highest BCUT2D eigenvalue weighted by atomic mass is 79.9. The van der Waals surface area contributed by atoms with Crippen molar-refractivity contribution in [3.8, 4) is 0 Å². The molecular formula is C14H20BrN3S. The third kappa shape index (κ3) is 4.16. The van der Waals surface area contributed by atoms with Crippen LogP contribution in [0.25, 0.3) is 0 Å². The quantitative estimate of drug-likeness (QED) is 0.810. The molecule has 104 valence electrons. The second kappa shape index (κ2) is 7.22. The number of rotatable bonds is 7. The van der Waals surface area contributed by atoms with Crippen LogP contribution in [0, 0.1) is 0 Å². The molecule has 0 radical (unpaired) electrons. The molecule has 0 saturated heterocycles. The zero-order valence-corrected chi connectivity index (χ0v) is 13.8. The van der Waals surface area contributed by atoms with E-state index >= 15 is 0 Å². The Morgan fingerprint density at radius 3 is 2.68 bits per heavy atom. The summed E-state index contributed by atoms with van der Waals surface area (Å²) < 4.78 is 3.28. The zero-order valence-electron chi connectivity index (χ0n) is 11.4. The van der Waals surface area contributed by atoms with Crippen LogP contribution in [0.15, 0.2) is 28.2 Å². The lowest BCUT2D eigenvalue weighted by atomic mass is 10.2. The zero-order chi connectivity index (χ0) is 13.7. The summed E-state index contributed by atoms with van der Waals surface area (Å²) >= 11 is 5.25. The fraction of sp³-hybridized carbons (Fsp3) is 0.500. The van der Waals surface area contributed by atoms with Crippen LogP contribution in [-0.2, 0) is 13.1 Å². The summed E-state index contributed by atoms with van der Waals surface area (Å²) in [7, 11) is 0. The van der Waals surface area contributed by atoms with Gasteiger partial charge < -0.3 is 5.32 Å². The molecule has 0 aromatic carbocycles. The molecule has 2 heterocycles. The summed E-state index contributed by atoms with van der Waals surface area (Å²) in [5, 5.41) is 8.07. The maximum Gasteiger partial charge on any atom is 0.0762 e. The minimum Gasteiger partial charge on any atom is -0.306 e. The van der Waals surface area contributed by atoms with Gasteiger partial charge in [0.1, 0.15) is 0 Å². The van der Waals surface area contributed by atoms with E-state index in [0.29, 0.717) is 6.04 Å². The van der Waals surface area contributed by atoms with Crippen LogP contribution in [0.5, 0.6) is 0 Å². The largest absolute Gasteiger partial charge is 0.306 e. The van der Waals surface area contributed by atoms with E-state index in [1.807, 2.05) is 0 Å². The van der Waals surface area contributed by atoms with Gasteiger partial charge in [0.15, 0.2) is 0 Å². The number of nitrogens with one attached hydrogen (secondary N) is 1. The van der Waals surface area contributed by atoms with Crippen molar-refractivity contribution >= 4 is 27.3 Å². The second-order valence-electron chi connectivity index (χ2n) is 4.57. The fourth-order valence-electron chi connectivity index (χ4n) is 2.10. The van der Waals surface area contributed by atoms with E-state index in [1.54, 1.807) is 11.3 Å². The van der Waals surface area contributed by atoms with Gasteiger partial charge in [-0.15, -0.1) is 11.3 Å². The lowest BCUT2D eigenvalue weighted by Gasteiger charge is -2.12. The van der Waals surface area contributed by atoms with Gasteiger partial charge in [-0.25, -0.2) is 0 Å². The highest BCUT2D eigenvalue weighted by Gasteiger charge is 2.07. The predicted octanol–water partition coefficient (Wildman–Crippen LogP) is 4.36. The molecule has 0 aliphatic rings. The van der Waals surface area contributed by atoms with Crippen molar-refractivity contribution in [3.05, 3.63) is 38.8 Å². The average molecular weight is 342 g/mol. The first-order valence-corrected chi connectivity index (χ1v) is 8.32. The molecule has 1 N–H and O–H groups in total. The van der Waals surface area contributed by atoms with Crippen LogP contribution >= 0.6 is 27.3 Å². The van der Waals surface area contributed by atoms with Gasteiger partial charge >= 0.3 is 0 Å². The molecule has 0 bridgehead atoms. The Hall–Kier alpha value is -0.650. The third-order valence-corrected chi connectivity index (χ3v) is 4.84. The van der Waals surface area contributed by atoms with Crippen LogP contribution in [-0.4, -0.2) is 9.78 Å². The topological polar surface area (TPSA) is 29.9 Å². The molecule has 0 amide bonds. The summed E-state index contributed by atoms with van der Waals surface area (Å²) in [6, 6.07) is 6.87. The number of halogens is 1. The Kier molecular flexibility index (Phi) is 5.60. The van der Waals surface area contributed by atoms with Crippen molar-refractivity contribution in [2.75, 3.05) is 0 Å². The number of nitrogens with zero attached hydrogens (tertiary/aromatic N) is 2. The van der Waals surface area contributed by atoms with Gasteiger partial charge in [0.2, 0.25) is 0 Å². The first-order chi connectivity index (χ1) is 9.22. The minimum atomic E-state index is 0.530. The van der Waals surface area contributed by atoms with Gasteiger partial charge in [-0.2, -0.15) is 5.10 Å². The van der Waals surface area contributed by atoms with Crippen LogP contribution in [0.3, 0.4) is 0 Å². The normalized spacial score (nSPS) is 11.4. The van der Waals surface area contributed by atoms with Gasteiger partial charge in [0.25, 0.3) is 0 Å². The summed E-state index contributed by atoms with van der Waals surface area (Å²) in [5.74, 6) is 0. The number of thiophene rings is 1. The molecule has 19 heavy (non-hydrogen) atoms. The summed E-state index contributed by atoms with van der Waals surface area (Å²) in [5.41, 5.74) is 1.11. The van der Waals surface area contributed by atoms with Crippen molar-refractivity contribution in [1.82, 2.24) is 15.1 Å². The van der Waals surface area contributed by atoms with Crippen LogP contribution in [0.4, 0.5) is 0 Å². The van der Waals surface area contributed by atoms with Crippen molar-refractivity contribution in [3.63, 3.8) is 0 Å². The van der Waals surface area contributed by atoms with Crippen LogP contribution < -0.4 is 5.32 Å². The monoisotopic (exact) mass is 341 g/mol. The van der Waals surface area contributed by atoms with Gasteiger partial charge in [0.05, 0.1) is 15.5 Å². The highest BCUT2D eigenvalue weighted by Crippen LogP contribution is 2.21. The molecule has 0 unspecified atom stereocenters. The Morgan fingerprint density at radius 1 is 1.26 bits per heavy atom. The lowest BCUT2D eigenvalue weighted by Crippen LogP contribution is -2.13.